The zero-order valence-corrected chi connectivity index (χ0v) is 24.8. The third kappa shape index (κ3) is 4.21. The molecule has 5 aromatic carbocycles. The van der Waals surface area contributed by atoms with Crippen molar-refractivity contribution in [2.45, 2.75) is 0 Å². The Labute approximate surface area is 263 Å². The number of benzene rings is 5. The summed E-state index contributed by atoms with van der Waals surface area (Å²) in [6.45, 7) is 0. The number of fused-ring (bicyclic) bond motifs is 6. The van der Waals surface area contributed by atoms with Crippen LogP contribution in [0.25, 0.3) is 55.3 Å². The molecule has 0 bridgehead atoms. The molecule has 0 radical (unpaired) electrons. The Morgan fingerprint density at radius 3 is 2.15 bits per heavy atom. The zero-order valence-electron chi connectivity index (χ0n) is 24.8. The number of rotatable bonds is 6. The molecule has 0 unspecified atom stereocenters. The molecule has 0 aliphatic rings. The van der Waals surface area contributed by atoms with Gasteiger partial charge in [-0.3, -0.25) is 4.90 Å². The van der Waals surface area contributed by atoms with E-state index in [-0.39, 0.29) is 0 Å². The minimum Gasteiger partial charge on any atom is -0.457 e. The average molecular weight is 599 g/mol. The number of pyridine rings is 1. The summed E-state index contributed by atoms with van der Waals surface area (Å²) >= 11 is 0. The van der Waals surface area contributed by atoms with Crippen molar-refractivity contribution in [3.8, 4) is 22.9 Å². The highest BCUT2D eigenvalue weighted by Crippen LogP contribution is 2.45. The summed E-state index contributed by atoms with van der Waals surface area (Å²) in [5.41, 5.74) is 5.76. The molecule has 9 aromatic rings. The molecule has 0 saturated heterocycles. The number of aromatic nitrogens is 3. The molecule has 4 aromatic heterocycles. The van der Waals surface area contributed by atoms with Crippen LogP contribution in [0.4, 0.5) is 17.2 Å². The molecule has 4 heterocycles. The van der Waals surface area contributed by atoms with Crippen LogP contribution >= 0.6 is 0 Å². The number of nitrogens with zero attached hydrogens (tertiary/aromatic N) is 4. The first-order valence-corrected chi connectivity index (χ1v) is 15.0. The van der Waals surface area contributed by atoms with Gasteiger partial charge in [0.2, 0.25) is 0 Å². The molecule has 220 valence electrons. The smallest absolute Gasteiger partial charge is 0.159 e. The lowest BCUT2D eigenvalue weighted by molar-refractivity contribution is 0.483. The Morgan fingerprint density at radius 2 is 1.37 bits per heavy atom. The second-order valence-electron chi connectivity index (χ2n) is 11.2. The molecule has 0 atom stereocenters. The van der Waals surface area contributed by atoms with Crippen LogP contribution in [0.15, 0.2) is 149 Å². The van der Waals surface area contributed by atoms with Crippen molar-refractivity contribution < 1.29 is 13.6 Å². The van der Waals surface area contributed by atoms with E-state index in [1.54, 1.807) is 12.4 Å². The fourth-order valence-electron chi connectivity index (χ4n) is 6.29. The molecular formula is C39H26N4O3. The van der Waals surface area contributed by atoms with Gasteiger partial charge in [-0.1, -0.05) is 60.7 Å². The minimum absolute atomic E-state index is 0.631. The Kier molecular flexibility index (Phi) is 5.89. The quantitative estimate of drug-likeness (QED) is 0.190. The molecule has 0 spiro atoms. The van der Waals surface area contributed by atoms with Gasteiger partial charge in [-0.05, 0) is 48.5 Å². The van der Waals surface area contributed by atoms with Gasteiger partial charge in [-0.2, -0.15) is 0 Å². The number of anilines is 3. The highest BCUT2D eigenvalue weighted by atomic mass is 16.5. The van der Waals surface area contributed by atoms with Crippen LogP contribution in [0, 0.1) is 0 Å². The summed E-state index contributed by atoms with van der Waals surface area (Å²) in [6, 6.07) is 40.2. The Bertz CT molecular complexity index is 2490. The molecule has 9 rings (SSSR count). The summed E-state index contributed by atoms with van der Waals surface area (Å²) in [5.74, 6) is 2.86. The fraction of sp³-hybridized carbons (Fsp3) is 0.0256. The molecule has 0 aliphatic carbocycles. The number of furan rings is 2. The van der Waals surface area contributed by atoms with Gasteiger partial charge < -0.3 is 18.1 Å². The molecule has 0 amide bonds. The van der Waals surface area contributed by atoms with Crippen molar-refractivity contribution in [3.05, 3.63) is 140 Å². The molecule has 7 heteroatoms. The zero-order chi connectivity index (χ0) is 30.6. The van der Waals surface area contributed by atoms with Crippen molar-refractivity contribution >= 4 is 61.1 Å². The third-order valence-corrected chi connectivity index (χ3v) is 8.32. The van der Waals surface area contributed by atoms with Crippen LogP contribution in [0.5, 0.6) is 11.5 Å². The first-order valence-electron chi connectivity index (χ1n) is 15.0. The summed E-state index contributed by atoms with van der Waals surface area (Å²) in [5, 5.41) is 3.97. The minimum atomic E-state index is 0.631. The van der Waals surface area contributed by atoms with Crippen LogP contribution in [0.2, 0.25) is 0 Å². The topological polar surface area (TPSA) is 69.5 Å². The lowest BCUT2D eigenvalue weighted by atomic mass is 10.0. The lowest BCUT2D eigenvalue weighted by Gasteiger charge is -2.24. The first kappa shape index (κ1) is 26.1. The van der Waals surface area contributed by atoms with Gasteiger partial charge in [0.15, 0.2) is 5.58 Å². The van der Waals surface area contributed by atoms with Crippen molar-refractivity contribution in [3.63, 3.8) is 0 Å². The number of hydrogen-bond donors (Lipinski definition) is 0. The summed E-state index contributed by atoms with van der Waals surface area (Å²) in [7, 11) is 1.99. The van der Waals surface area contributed by atoms with Crippen LogP contribution < -0.4 is 9.64 Å². The highest BCUT2D eigenvalue weighted by molar-refractivity contribution is 6.13. The van der Waals surface area contributed by atoms with Crippen molar-refractivity contribution in [2.75, 3.05) is 4.90 Å². The lowest BCUT2D eigenvalue weighted by Crippen LogP contribution is -2.11. The molecule has 0 aliphatic heterocycles. The first-order chi connectivity index (χ1) is 22.7. The predicted octanol–water partition coefficient (Wildman–Crippen LogP) is 10.5. The number of imidazole rings is 1. The molecule has 0 fully saturated rings. The summed E-state index contributed by atoms with van der Waals surface area (Å²) in [6.07, 6.45) is 5.54. The van der Waals surface area contributed by atoms with Gasteiger partial charge >= 0.3 is 0 Å². The molecule has 46 heavy (non-hydrogen) atoms. The predicted molar refractivity (Wildman–Crippen MR) is 182 cm³/mol. The van der Waals surface area contributed by atoms with Crippen molar-refractivity contribution in [2.24, 2.45) is 7.05 Å². The van der Waals surface area contributed by atoms with E-state index < -0.39 is 0 Å². The maximum atomic E-state index is 6.76. The van der Waals surface area contributed by atoms with E-state index >= 15 is 0 Å². The van der Waals surface area contributed by atoms with E-state index in [4.69, 9.17) is 18.6 Å². The van der Waals surface area contributed by atoms with Gasteiger partial charge in [-0.25, -0.2) is 9.97 Å². The standard InChI is InChI=1S/C39H26N4O3/c1-42-20-19-41-39(42)31-22-27(24-35-37(31)29-14-6-8-16-34(29)45-35)44-26-21-30-28-13-5-7-15-33(28)46-38(30)32(23-26)43(25-11-3-2-4-12-25)36-17-9-10-18-40-36/h2-24H,1H3. The van der Waals surface area contributed by atoms with E-state index in [1.165, 1.54) is 0 Å². The number of aryl methyl sites for hydroxylation is 1. The second kappa shape index (κ2) is 10.4. The van der Waals surface area contributed by atoms with E-state index in [1.807, 2.05) is 115 Å². The Morgan fingerprint density at radius 1 is 0.630 bits per heavy atom. The number of para-hydroxylation sites is 3. The monoisotopic (exact) mass is 598 g/mol. The highest BCUT2D eigenvalue weighted by Gasteiger charge is 2.23. The molecule has 7 nitrogen and oxygen atoms in total. The van der Waals surface area contributed by atoms with Gasteiger partial charge in [0.1, 0.15) is 39.9 Å². The van der Waals surface area contributed by atoms with Crippen LogP contribution in [0.3, 0.4) is 0 Å². The van der Waals surface area contributed by atoms with Crippen LogP contribution in [-0.2, 0) is 7.05 Å². The average Bonchev–Trinajstić information content (AvgIpc) is 3.80. The molecule has 0 N–H and O–H groups in total. The molecular weight excluding hydrogens is 572 g/mol. The van der Waals surface area contributed by atoms with E-state index in [0.717, 1.165) is 72.5 Å². The van der Waals surface area contributed by atoms with E-state index in [2.05, 4.69) is 34.1 Å². The number of ether oxygens (including phenoxy) is 1. The van der Waals surface area contributed by atoms with Crippen molar-refractivity contribution in [1.82, 2.24) is 14.5 Å². The maximum Gasteiger partial charge on any atom is 0.159 e. The van der Waals surface area contributed by atoms with Crippen LogP contribution in [0.1, 0.15) is 0 Å². The van der Waals surface area contributed by atoms with E-state index in [9.17, 15) is 0 Å². The van der Waals surface area contributed by atoms with Gasteiger partial charge in [0.05, 0.1) is 5.69 Å². The summed E-state index contributed by atoms with van der Waals surface area (Å²) < 4.78 is 21.7. The third-order valence-electron chi connectivity index (χ3n) is 8.32. The largest absolute Gasteiger partial charge is 0.457 e. The van der Waals surface area contributed by atoms with Gasteiger partial charge in [0.25, 0.3) is 0 Å². The normalized spacial score (nSPS) is 11.6. The van der Waals surface area contributed by atoms with E-state index in [0.29, 0.717) is 11.5 Å². The van der Waals surface area contributed by atoms with Gasteiger partial charge in [-0.15, -0.1) is 0 Å². The second-order valence-corrected chi connectivity index (χ2v) is 11.2. The molecule has 0 saturated carbocycles. The maximum absolute atomic E-state index is 6.76. The SMILES string of the molecule is Cn1ccnc1-c1cc(Oc2cc(N(c3ccccc3)c3ccccn3)c3oc4ccccc4c3c2)cc2oc3ccccc3c12. The van der Waals surface area contributed by atoms with Gasteiger partial charge in [0, 0.05) is 70.6 Å². The fourth-order valence-corrected chi connectivity index (χ4v) is 6.29. The Balaban J connectivity index is 1.28. The number of hydrogen-bond acceptors (Lipinski definition) is 6. The summed E-state index contributed by atoms with van der Waals surface area (Å²) in [4.78, 5) is 11.5. The Hall–Kier alpha value is -6.34. The van der Waals surface area contributed by atoms with Crippen molar-refractivity contribution in [1.29, 1.82) is 0 Å². The van der Waals surface area contributed by atoms with Crippen LogP contribution in [-0.4, -0.2) is 14.5 Å².